The molecular weight excluding hydrogens is 190 g/mol. The van der Waals surface area contributed by atoms with Crippen molar-refractivity contribution in [3.05, 3.63) is 0 Å². The lowest BCUT2D eigenvalue weighted by Gasteiger charge is -2.31. The van der Waals surface area contributed by atoms with Crippen LogP contribution >= 0.6 is 0 Å². The van der Waals surface area contributed by atoms with E-state index in [-0.39, 0.29) is 5.92 Å². The average Bonchev–Trinajstić information content (AvgIpc) is 2.91. The Morgan fingerprint density at radius 2 is 2.00 bits per heavy atom. The third-order valence-corrected chi connectivity index (χ3v) is 4.05. The minimum absolute atomic E-state index is 0.279. The van der Waals surface area contributed by atoms with Crippen LogP contribution in [0.4, 0.5) is 0 Å². The monoisotopic (exact) mass is 209 g/mol. The van der Waals surface area contributed by atoms with Crippen molar-refractivity contribution in [2.24, 2.45) is 5.92 Å². The first-order chi connectivity index (χ1) is 7.34. The molecule has 0 radical (unpaired) electrons. The Labute approximate surface area is 90.4 Å². The summed E-state index contributed by atoms with van der Waals surface area (Å²) in [5.74, 6) is 0.679. The van der Waals surface area contributed by atoms with Crippen molar-refractivity contribution in [1.82, 2.24) is 15.5 Å². The predicted octanol–water partition coefficient (Wildman–Crippen LogP) is -0.441. The number of piperazine rings is 1. The van der Waals surface area contributed by atoms with E-state index in [9.17, 15) is 4.79 Å². The van der Waals surface area contributed by atoms with E-state index in [0.29, 0.717) is 18.0 Å². The van der Waals surface area contributed by atoms with Gasteiger partial charge in [-0.05, 0) is 19.3 Å². The Hall–Kier alpha value is -0.610. The maximum atomic E-state index is 12.2. The summed E-state index contributed by atoms with van der Waals surface area (Å²) in [7, 11) is 0. The zero-order valence-electron chi connectivity index (χ0n) is 9.04. The molecule has 0 aromatic carbocycles. The van der Waals surface area contributed by atoms with Gasteiger partial charge in [0, 0.05) is 38.3 Å². The van der Waals surface area contributed by atoms with Gasteiger partial charge >= 0.3 is 0 Å². The Kier molecular flexibility index (Phi) is 2.41. The fourth-order valence-electron chi connectivity index (χ4n) is 3.22. The molecule has 3 atom stereocenters. The Morgan fingerprint density at radius 1 is 1.20 bits per heavy atom. The van der Waals surface area contributed by atoms with Gasteiger partial charge in [-0.15, -0.1) is 0 Å². The van der Waals surface area contributed by atoms with Gasteiger partial charge < -0.3 is 15.5 Å². The SMILES string of the molecule is O=C(C1CC2CCC1N2)N1CCNCC1. The number of fused-ring (bicyclic) bond motifs is 2. The summed E-state index contributed by atoms with van der Waals surface area (Å²) in [5.41, 5.74) is 0. The number of carbonyl (C=O) groups excluding carboxylic acids is 1. The van der Waals surface area contributed by atoms with Crippen LogP contribution in [0.3, 0.4) is 0 Å². The number of rotatable bonds is 1. The minimum atomic E-state index is 0.279. The lowest BCUT2D eigenvalue weighted by Crippen LogP contribution is -2.50. The number of amides is 1. The summed E-state index contributed by atoms with van der Waals surface area (Å²) in [6.45, 7) is 3.71. The fourth-order valence-corrected chi connectivity index (χ4v) is 3.22. The molecule has 0 aromatic rings. The van der Waals surface area contributed by atoms with Crippen LogP contribution < -0.4 is 10.6 Å². The van der Waals surface area contributed by atoms with Crippen LogP contribution in [0.15, 0.2) is 0 Å². The molecule has 1 amide bonds. The first-order valence-electron chi connectivity index (χ1n) is 6.10. The van der Waals surface area contributed by atoms with Gasteiger partial charge in [0.15, 0.2) is 0 Å². The van der Waals surface area contributed by atoms with Gasteiger partial charge in [0.05, 0.1) is 5.92 Å². The van der Waals surface area contributed by atoms with E-state index in [0.717, 1.165) is 32.6 Å². The molecule has 3 saturated heterocycles. The largest absolute Gasteiger partial charge is 0.340 e. The quantitative estimate of drug-likeness (QED) is 0.615. The summed E-state index contributed by atoms with van der Waals surface area (Å²) < 4.78 is 0. The molecule has 15 heavy (non-hydrogen) atoms. The summed E-state index contributed by atoms with van der Waals surface area (Å²) in [6, 6.07) is 1.12. The van der Waals surface area contributed by atoms with E-state index in [1.165, 1.54) is 12.8 Å². The standard InChI is InChI=1S/C11H19N3O/c15-11(14-5-3-12-4-6-14)9-7-8-1-2-10(9)13-8/h8-10,12-13H,1-7H2. The van der Waals surface area contributed by atoms with E-state index in [1.54, 1.807) is 0 Å². The molecule has 0 aromatic heterocycles. The summed E-state index contributed by atoms with van der Waals surface area (Å²) in [5, 5.41) is 6.82. The highest BCUT2D eigenvalue weighted by Crippen LogP contribution is 2.34. The highest BCUT2D eigenvalue weighted by atomic mass is 16.2. The molecule has 4 nitrogen and oxygen atoms in total. The van der Waals surface area contributed by atoms with Crippen molar-refractivity contribution in [1.29, 1.82) is 0 Å². The van der Waals surface area contributed by atoms with Gasteiger partial charge in [-0.2, -0.15) is 0 Å². The van der Waals surface area contributed by atoms with Crippen LogP contribution in [-0.2, 0) is 4.79 Å². The first-order valence-corrected chi connectivity index (χ1v) is 6.10. The molecule has 3 aliphatic rings. The van der Waals surface area contributed by atoms with Crippen LogP contribution in [0.1, 0.15) is 19.3 Å². The van der Waals surface area contributed by atoms with E-state index < -0.39 is 0 Å². The first kappa shape index (κ1) is 9.60. The second-order valence-electron chi connectivity index (χ2n) is 4.96. The molecule has 3 rings (SSSR count). The third kappa shape index (κ3) is 1.66. The number of carbonyl (C=O) groups is 1. The normalized spacial score (nSPS) is 39.7. The topological polar surface area (TPSA) is 44.4 Å². The van der Waals surface area contributed by atoms with Crippen LogP contribution in [-0.4, -0.2) is 49.1 Å². The molecule has 3 heterocycles. The third-order valence-electron chi connectivity index (χ3n) is 4.05. The number of hydrogen-bond acceptors (Lipinski definition) is 3. The molecule has 3 aliphatic heterocycles. The van der Waals surface area contributed by atoms with Crippen molar-refractivity contribution in [2.45, 2.75) is 31.3 Å². The fraction of sp³-hybridized carbons (Fsp3) is 0.909. The summed E-state index contributed by atoms with van der Waals surface area (Å²) in [6.07, 6.45) is 3.55. The van der Waals surface area contributed by atoms with Crippen molar-refractivity contribution >= 4 is 5.91 Å². The van der Waals surface area contributed by atoms with Gasteiger partial charge in [-0.25, -0.2) is 0 Å². The summed E-state index contributed by atoms with van der Waals surface area (Å²) in [4.78, 5) is 14.3. The van der Waals surface area contributed by atoms with Gasteiger partial charge in [0.1, 0.15) is 0 Å². The molecule has 0 saturated carbocycles. The van der Waals surface area contributed by atoms with E-state index in [2.05, 4.69) is 10.6 Å². The Bertz CT molecular complexity index is 263. The molecule has 0 aliphatic carbocycles. The van der Waals surface area contributed by atoms with E-state index in [4.69, 9.17) is 0 Å². The molecule has 84 valence electrons. The molecular formula is C11H19N3O. The van der Waals surface area contributed by atoms with Crippen molar-refractivity contribution in [3.63, 3.8) is 0 Å². The van der Waals surface area contributed by atoms with Crippen molar-refractivity contribution < 1.29 is 4.79 Å². The molecule has 0 spiro atoms. The number of nitrogens with one attached hydrogen (secondary N) is 2. The molecule has 3 fully saturated rings. The summed E-state index contributed by atoms with van der Waals surface area (Å²) >= 11 is 0. The van der Waals surface area contributed by atoms with E-state index in [1.807, 2.05) is 4.90 Å². The van der Waals surface area contributed by atoms with Crippen LogP contribution in [0, 0.1) is 5.92 Å². The molecule has 4 heteroatoms. The van der Waals surface area contributed by atoms with Gasteiger partial charge in [0.25, 0.3) is 0 Å². The van der Waals surface area contributed by atoms with Crippen molar-refractivity contribution in [2.75, 3.05) is 26.2 Å². The number of hydrogen-bond donors (Lipinski definition) is 2. The van der Waals surface area contributed by atoms with Gasteiger partial charge in [-0.1, -0.05) is 0 Å². The Morgan fingerprint density at radius 3 is 2.60 bits per heavy atom. The lowest BCUT2D eigenvalue weighted by atomic mass is 9.88. The van der Waals surface area contributed by atoms with Crippen LogP contribution in [0.5, 0.6) is 0 Å². The molecule has 2 N–H and O–H groups in total. The van der Waals surface area contributed by atoms with E-state index >= 15 is 0 Å². The maximum absolute atomic E-state index is 12.2. The van der Waals surface area contributed by atoms with Gasteiger partial charge in [-0.3, -0.25) is 4.79 Å². The second kappa shape index (κ2) is 3.76. The second-order valence-corrected chi connectivity index (χ2v) is 4.96. The smallest absolute Gasteiger partial charge is 0.227 e. The highest BCUT2D eigenvalue weighted by molar-refractivity contribution is 5.80. The lowest BCUT2D eigenvalue weighted by molar-refractivity contribution is -0.136. The molecule has 3 unspecified atom stereocenters. The Balaban J connectivity index is 1.64. The zero-order valence-corrected chi connectivity index (χ0v) is 9.04. The molecule has 2 bridgehead atoms. The van der Waals surface area contributed by atoms with Crippen LogP contribution in [0.25, 0.3) is 0 Å². The zero-order chi connectivity index (χ0) is 10.3. The minimum Gasteiger partial charge on any atom is -0.340 e. The number of nitrogens with zero attached hydrogens (tertiary/aromatic N) is 1. The average molecular weight is 209 g/mol. The highest BCUT2D eigenvalue weighted by Gasteiger charge is 2.44. The van der Waals surface area contributed by atoms with Crippen LogP contribution in [0.2, 0.25) is 0 Å². The predicted molar refractivity (Wildman–Crippen MR) is 57.5 cm³/mol. The van der Waals surface area contributed by atoms with Gasteiger partial charge in [0.2, 0.25) is 5.91 Å². The van der Waals surface area contributed by atoms with Crippen molar-refractivity contribution in [3.8, 4) is 0 Å². The maximum Gasteiger partial charge on any atom is 0.227 e.